The summed E-state index contributed by atoms with van der Waals surface area (Å²) < 4.78 is 20.9. The normalized spacial score (nSPS) is 15.7. The maximum atomic E-state index is 13.5. The van der Waals surface area contributed by atoms with Gasteiger partial charge in [-0.15, -0.1) is 0 Å². The summed E-state index contributed by atoms with van der Waals surface area (Å²) in [5.41, 5.74) is 1.22. The summed E-state index contributed by atoms with van der Waals surface area (Å²) in [4.78, 5) is 28.4. The molecule has 2 aromatic rings. The van der Waals surface area contributed by atoms with Gasteiger partial charge in [0, 0.05) is 18.0 Å². The van der Waals surface area contributed by atoms with Gasteiger partial charge in [0.2, 0.25) is 5.88 Å². The molecule has 1 saturated carbocycles. The van der Waals surface area contributed by atoms with E-state index in [-0.39, 0.29) is 48.9 Å². The second kappa shape index (κ2) is 12.1. The Morgan fingerprint density at radius 1 is 1.20 bits per heavy atom. The predicted octanol–water partition coefficient (Wildman–Crippen LogP) is 2.10. The molecule has 0 aliphatic heterocycles. The maximum Gasteiger partial charge on any atom is 0.327 e. The van der Waals surface area contributed by atoms with Crippen molar-refractivity contribution in [2.45, 2.75) is 76.5 Å². The second-order valence-corrected chi connectivity index (χ2v) is 9.11. The van der Waals surface area contributed by atoms with Crippen molar-refractivity contribution in [1.29, 1.82) is 0 Å². The highest BCUT2D eigenvalue weighted by Gasteiger charge is 2.29. The number of rotatable bonds is 11. The maximum absolute atomic E-state index is 13.5. The van der Waals surface area contributed by atoms with Crippen LogP contribution in [0.5, 0.6) is 5.88 Å². The van der Waals surface area contributed by atoms with E-state index in [9.17, 15) is 24.2 Å². The summed E-state index contributed by atoms with van der Waals surface area (Å²) in [7, 11) is 0. The molecule has 1 aliphatic rings. The van der Waals surface area contributed by atoms with Gasteiger partial charge in [-0.2, -0.15) is 11.0 Å². The second-order valence-electron chi connectivity index (χ2n) is 9.11. The van der Waals surface area contributed by atoms with Crippen LogP contribution in [0.1, 0.15) is 74.3 Å². The summed E-state index contributed by atoms with van der Waals surface area (Å²) in [6.07, 6.45) is 1.11. The minimum Gasteiger partial charge on any atom is -0.475 e. The number of benzene rings is 1. The summed E-state index contributed by atoms with van der Waals surface area (Å²) in [6, 6.07) is 5.66. The van der Waals surface area contributed by atoms with Crippen LogP contribution in [0.2, 0.25) is 0 Å². The number of carbonyl (C=O) groups is 2. The number of nitrogens with two attached hydrogens (primary N) is 1. The molecule has 1 aliphatic carbocycles. The molecule has 0 bridgehead atoms. The van der Waals surface area contributed by atoms with Crippen LogP contribution in [0.25, 0.3) is 5.69 Å². The van der Waals surface area contributed by atoms with Gasteiger partial charge >= 0.3 is 5.97 Å². The lowest BCUT2D eigenvalue weighted by Gasteiger charge is -2.18. The number of aliphatic hydroxyl groups excluding tert-OH is 2. The van der Waals surface area contributed by atoms with Gasteiger partial charge in [-0.3, -0.25) is 9.59 Å². The molecule has 2 atom stereocenters. The van der Waals surface area contributed by atoms with E-state index in [4.69, 9.17) is 10.6 Å². The molecule has 192 valence electrons. The Kier molecular flexibility index (Phi) is 9.19. The van der Waals surface area contributed by atoms with Crippen molar-refractivity contribution in [3.8, 4) is 11.6 Å². The minimum absolute atomic E-state index is 0.0892. The van der Waals surface area contributed by atoms with E-state index in [0.717, 1.165) is 25.7 Å². The predicted molar refractivity (Wildman–Crippen MR) is 124 cm³/mol. The highest BCUT2D eigenvalue weighted by Crippen LogP contribution is 2.33. The minimum atomic E-state index is -1.18. The van der Waals surface area contributed by atoms with Gasteiger partial charge in [0.15, 0.2) is 5.69 Å². The number of halogens is 1. The van der Waals surface area contributed by atoms with E-state index in [1.165, 1.54) is 28.9 Å². The van der Waals surface area contributed by atoms with Crippen LogP contribution in [0.15, 0.2) is 24.3 Å². The van der Waals surface area contributed by atoms with Crippen molar-refractivity contribution < 1.29 is 33.8 Å². The molecule has 0 saturated heterocycles. The Hall–Kier alpha value is -3.02. The highest BCUT2D eigenvalue weighted by molar-refractivity contribution is 5.95. The lowest BCUT2D eigenvalue weighted by atomic mass is 10.0. The quantitative estimate of drug-likeness (QED) is 0.349. The average molecular weight is 493 g/mol. The van der Waals surface area contributed by atoms with Gasteiger partial charge in [-0.1, -0.05) is 26.7 Å². The van der Waals surface area contributed by atoms with Crippen molar-refractivity contribution in [3.05, 3.63) is 41.3 Å². The van der Waals surface area contributed by atoms with E-state index in [1.54, 1.807) is 0 Å². The number of ether oxygens (including phenoxy) is 1. The van der Waals surface area contributed by atoms with Crippen molar-refractivity contribution in [1.82, 2.24) is 15.1 Å². The van der Waals surface area contributed by atoms with Gasteiger partial charge < -0.3 is 25.1 Å². The van der Waals surface area contributed by atoms with Gasteiger partial charge in [0.05, 0.1) is 24.3 Å². The van der Waals surface area contributed by atoms with Gasteiger partial charge in [0.1, 0.15) is 12.4 Å². The summed E-state index contributed by atoms with van der Waals surface area (Å²) >= 11 is 0. The SMILES string of the molecule is CC(C)c1c(C(=O)NC2CCCC2)nn(-c2ccc(F)cc2)c1OC[C@@H](O)C[C@@H](O)CC(=O)ON. The fourth-order valence-corrected chi connectivity index (χ4v) is 4.20. The van der Waals surface area contributed by atoms with Crippen molar-refractivity contribution >= 4 is 11.9 Å². The molecule has 5 N–H and O–H groups in total. The van der Waals surface area contributed by atoms with Gasteiger partial charge in [-0.25, -0.2) is 9.07 Å². The molecule has 10 nitrogen and oxygen atoms in total. The topological polar surface area (TPSA) is 149 Å². The molecule has 35 heavy (non-hydrogen) atoms. The number of aromatic nitrogens is 2. The molecule has 11 heteroatoms. The number of nitrogens with zero attached hydrogens (tertiary/aromatic N) is 2. The summed E-state index contributed by atoms with van der Waals surface area (Å²) in [5, 5.41) is 27.9. The lowest BCUT2D eigenvalue weighted by molar-refractivity contribution is -0.146. The van der Waals surface area contributed by atoms with E-state index in [2.05, 4.69) is 15.3 Å². The summed E-state index contributed by atoms with van der Waals surface area (Å²) in [5.74, 6) is 3.30. The zero-order valence-corrected chi connectivity index (χ0v) is 19.9. The standard InChI is InChI=1S/C24H33FN4O6/c1-14(2)21-22(23(33)27-16-5-3-4-6-16)28-29(17-9-7-15(25)8-10-17)24(21)34-13-19(31)11-18(30)12-20(32)35-26/h7-10,14,16,18-19,30-31H,3-6,11-13,26H2,1-2H3,(H,27,33)/t18-,19+/m1/s1. The van der Waals surface area contributed by atoms with Crippen LogP contribution < -0.4 is 16.0 Å². The number of hydrogen-bond donors (Lipinski definition) is 4. The Labute approximate surface area is 203 Å². The lowest BCUT2D eigenvalue weighted by Crippen LogP contribution is -2.33. The van der Waals surface area contributed by atoms with E-state index < -0.39 is 24.0 Å². The van der Waals surface area contributed by atoms with E-state index >= 15 is 0 Å². The number of hydrogen-bond acceptors (Lipinski definition) is 8. The molecule has 0 spiro atoms. The fourth-order valence-electron chi connectivity index (χ4n) is 4.20. The van der Waals surface area contributed by atoms with Crippen LogP contribution in [0.3, 0.4) is 0 Å². The average Bonchev–Trinajstić information content (AvgIpc) is 3.45. The Balaban J connectivity index is 1.88. The van der Waals surface area contributed by atoms with Gasteiger partial charge in [0.25, 0.3) is 5.91 Å². The molecule has 1 fully saturated rings. The Bertz CT molecular complexity index is 1000. The van der Waals surface area contributed by atoms with Crippen LogP contribution in [0.4, 0.5) is 4.39 Å². The molecule has 1 heterocycles. The van der Waals surface area contributed by atoms with Crippen LogP contribution in [-0.4, -0.2) is 56.7 Å². The van der Waals surface area contributed by atoms with Crippen molar-refractivity contribution in [2.24, 2.45) is 5.90 Å². The number of amides is 1. The largest absolute Gasteiger partial charge is 0.475 e. The third-order valence-electron chi connectivity index (χ3n) is 5.92. The molecule has 1 aromatic heterocycles. The van der Waals surface area contributed by atoms with Crippen molar-refractivity contribution in [2.75, 3.05) is 6.61 Å². The van der Waals surface area contributed by atoms with E-state index in [1.807, 2.05) is 13.8 Å². The third kappa shape index (κ3) is 7.00. The summed E-state index contributed by atoms with van der Waals surface area (Å²) in [6.45, 7) is 3.54. The van der Waals surface area contributed by atoms with Gasteiger partial charge in [-0.05, 0) is 43.0 Å². The zero-order valence-electron chi connectivity index (χ0n) is 19.9. The molecule has 1 aromatic carbocycles. The van der Waals surface area contributed by atoms with Crippen molar-refractivity contribution in [3.63, 3.8) is 0 Å². The molecule has 3 rings (SSSR count). The molecule has 0 radical (unpaired) electrons. The first-order valence-corrected chi connectivity index (χ1v) is 11.8. The third-order valence-corrected chi connectivity index (χ3v) is 5.92. The Morgan fingerprint density at radius 2 is 1.86 bits per heavy atom. The van der Waals surface area contributed by atoms with Crippen LogP contribution in [-0.2, 0) is 9.63 Å². The monoisotopic (exact) mass is 492 g/mol. The smallest absolute Gasteiger partial charge is 0.327 e. The molecule has 1 amide bonds. The fraction of sp³-hybridized carbons (Fsp3) is 0.542. The molecular formula is C24H33FN4O6. The molecular weight excluding hydrogens is 459 g/mol. The molecule has 0 unspecified atom stereocenters. The first kappa shape index (κ1) is 26.6. The first-order valence-electron chi connectivity index (χ1n) is 11.8. The number of carbonyl (C=O) groups excluding carboxylic acids is 2. The van der Waals surface area contributed by atoms with Crippen LogP contribution >= 0.6 is 0 Å². The van der Waals surface area contributed by atoms with E-state index in [0.29, 0.717) is 11.3 Å². The number of nitrogens with one attached hydrogen (secondary N) is 1. The first-order chi connectivity index (χ1) is 16.7. The number of aliphatic hydroxyl groups is 2. The zero-order chi connectivity index (χ0) is 25.5. The highest BCUT2D eigenvalue weighted by atomic mass is 19.1. The van der Waals surface area contributed by atoms with Crippen LogP contribution in [0, 0.1) is 5.82 Å². The Morgan fingerprint density at radius 3 is 2.46 bits per heavy atom.